The molecule has 1 aliphatic rings. The summed E-state index contributed by atoms with van der Waals surface area (Å²) in [7, 11) is 0. The highest BCUT2D eigenvalue weighted by Gasteiger charge is 2.30. The van der Waals surface area contributed by atoms with Crippen molar-refractivity contribution < 1.29 is 0 Å². The van der Waals surface area contributed by atoms with Crippen LogP contribution in [-0.2, 0) is 6.54 Å². The number of hydrogen-bond donors (Lipinski definition) is 1. The zero-order valence-electron chi connectivity index (χ0n) is 10.0. The first-order valence-electron chi connectivity index (χ1n) is 6.10. The molecular weight excluding hydrogens is 255 g/mol. The molecule has 1 aliphatic heterocycles. The Kier molecular flexibility index (Phi) is 4.31. The van der Waals surface area contributed by atoms with Crippen molar-refractivity contribution in [2.24, 2.45) is 5.73 Å². The molecule has 0 spiro atoms. The summed E-state index contributed by atoms with van der Waals surface area (Å²) < 4.78 is 0. The van der Waals surface area contributed by atoms with Crippen LogP contribution in [0.25, 0.3) is 0 Å². The van der Waals surface area contributed by atoms with Crippen molar-refractivity contribution in [3.8, 4) is 0 Å². The van der Waals surface area contributed by atoms with Gasteiger partial charge in [-0.2, -0.15) is 0 Å². The Morgan fingerprint density at radius 3 is 2.82 bits per heavy atom. The summed E-state index contributed by atoms with van der Waals surface area (Å²) in [5.41, 5.74) is 8.29. The molecule has 0 amide bonds. The van der Waals surface area contributed by atoms with Crippen LogP contribution in [0.4, 0.5) is 0 Å². The maximum Gasteiger partial charge on any atom is 0.0640 e. The molecule has 2 rings (SSSR count). The molecule has 0 bridgehead atoms. The lowest BCUT2D eigenvalue weighted by atomic mass is 10.0. The van der Waals surface area contributed by atoms with Gasteiger partial charge in [-0.3, -0.25) is 4.90 Å². The molecule has 1 aromatic carbocycles. The maximum atomic E-state index is 6.26. The molecule has 0 saturated heterocycles. The zero-order chi connectivity index (χ0) is 12.4. The average molecular weight is 273 g/mol. The summed E-state index contributed by atoms with van der Waals surface area (Å²) in [6.45, 7) is 4.77. The van der Waals surface area contributed by atoms with Gasteiger partial charge in [0.05, 0.1) is 10.0 Å². The topological polar surface area (TPSA) is 29.3 Å². The summed E-state index contributed by atoms with van der Waals surface area (Å²) >= 11 is 12.3. The summed E-state index contributed by atoms with van der Waals surface area (Å²) in [5.74, 6) is 0. The van der Waals surface area contributed by atoms with Crippen molar-refractivity contribution in [1.29, 1.82) is 0 Å². The Hall–Kier alpha value is -0.280. The van der Waals surface area contributed by atoms with Gasteiger partial charge in [0.15, 0.2) is 0 Å². The number of nitrogens with zero attached hydrogens (tertiary/aromatic N) is 1. The molecule has 2 nitrogen and oxygen atoms in total. The quantitative estimate of drug-likeness (QED) is 0.908. The van der Waals surface area contributed by atoms with Crippen LogP contribution in [0.15, 0.2) is 12.1 Å². The van der Waals surface area contributed by atoms with E-state index in [1.54, 1.807) is 0 Å². The fourth-order valence-corrected chi connectivity index (χ4v) is 2.87. The highest BCUT2D eigenvalue weighted by atomic mass is 35.5. The van der Waals surface area contributed by atoms with Gasteiger partial charge >= 0.3 is 0 Å². The van der Waals surface area contributed by atoms with Gasteiger partial charge in [0.1, 0.15) is 0 Å². The molecule has 1 aromatic rings. The third-order valence-electron chi connectivity index (χ3n) is 3.42. The first kappa shape index (κ1) is 13.2. The van der Waals surface area contributed by atoms with E-state index in [1.807, 2.05) is 6.07 Å². The number of halogens is 2. The molecule has 0 radical (unpaired) electrons. The molecule has 94 valence electrons. The number of fused-ring (bicyclic) bond motifs is 1. The van der Waals surface area contributed by atoms with Crippen LogP contribution >= 0.6 is 23.2 Å². The minimum absolute atomic E-state index is 0.298. The number of hydrogen-bond acceptors (Lipinski definition) is 2. The summed E-state index contributed by atoms with van der Waals surface area (Å²) in [4.78, 5) is 2.40. The molecule has 2 N–H and O–H groups in total. The van der Waals surface area contributed by atoms with Crippen LogP contribution in [0.1, 0.15) is 36.9 Å². The molecule has 1 unspecified atom stereocenters. The standard InChI is InChI=1S/C13H18Cl2N2/c1-2-3-6-17-8-10-9(12(17)7-16)4-5-11(14)13(10)15/h4-5,12H,2-3,6-8,16H2,1H3. The van der Waals surface area contributed by atoms with Gasteiger partial charge < -0.3 is 5.73 Å². The third-order valence-corrected chi connectivity index (χ3v) is 4.26. The van der Waals surface area contributed by atoms with E-state index in [1.165, 1.54) is 18.4 Å². The zero-order valence-corrected chi connectivity index (χ0v) is 11.6. The fraction of sp³-hybridized carbons (Fsp3) is 0.538. The fourth-order valence-electron chi connectivity index (χ4n) is 2.46. The van der Waals surface area contributed by atoms with Crippen molar-refractivity contribution in [2.75, 3.05) is 13.1 Å². The van der Waals surface area contributed by atoms with E-state index in [2.05, 4.69) is 17.9 Å². The van der Waals surface area contributed by atoms with Crippen molar-refractivity contribution in [1.82, 2.24) is 4.90 Å². The minimum Gasteiger partial charge on any atom is -0.329 e. The lowest BCUT2D eigenvalue weighted by Gasteiger charge is -2.23. The van der Waals surface area contributed by atoms with E-state index < -0.39 is 0 Å². The molecule has 4 heteroatoms. The minimum atomic E-state index is 0.298. The SMILES string of the molecule is CCCCN1Cc2c(ccc(Cl)c2Cl)C1CN. The van der Waals surface area contributed by atoms with Gasteiger partial charge in [-0.1, -0.05) is 42.6 Å². The van der Waals surface area contributed by atoms with Crippen LogP contribution in [0.3, 0.4) is 0 Å². The van der Waals surface area contributed by atoms with Crippen LogP contribution in [-0.4, -0.2) is 18.0 Å². The van der Waals surface area contributed by atoms with Gasteiger partial charge in [0, 0.05) is 19.1 Å². The van der Waals surface area contributed by atoms with Crippen molar-refractivity contribution in [3.63, 3.8) is 0 Å². The second kappa shape index (κ2) is 5.57. The highest BCUT2D eigenvalue weighted by Crippen LogP contribution is 2.40. The monoisotopic (exact) mass is 272 g/mol. The predicted octanol–water partition coefficient (Wildman–Crippen LogP) is 3.61. The first-order chi connectivity index (χ1) is 8.19. The summed E-state index contributed by atoms with van der Waals surface area (Å²) in [6.07, 6.45) is 2.38. The van der Waals surface area contributed by atoms with Crippen LogP contribution < -0.4 is 5.73 Å². The highest BCUT2D eigenvalue weighted by molar-refractivity contribution is 6.42. The number of benzene rings is 1. The smallest absolute Gasteiger partial charge is 0.0640 e. The van der Waals surface area contributed by atoms with E-state index in [9.17, 15) is 0 Å². The normalized spacial score (nSPS) is 19.6. The molecule has 0 saturated carbocycles. The maximum absolute atomic E-state index is 6.26. The van der Waals surface area contributed by atoms with E-state index in [0.29, 0.717) is 22.6 Å². The molecule has 0 fully saturated rings. The Labute approximate surface area is 113 Å². The number of nitrogens with two attached hydrogens (primary N) is 1. The largest absolute Gasteiger partial charge is 0.329 e. The second-order valence-corrected chi connectivity index (χ2v) is 5.29. The Morgan fingerprint density at radius 2 is 2.18 bits per heavy atom. The third kappa shape index (κ3) is 2.45. The lowest BCUT2D eigenvalue weighted by molar-refractivity contribution is 0.217. The van der Waals surface area contributed by atoms with Crippen LogP contribution in [0.5, 0.6) is 0 Å². The number of unbranched alkanes of at least 4 members (excludes halogenated alkanes) is 1. The lowest BCUT2D eigenvalue weighted by Crippen LogP contribution is -2.28. The van der Waals surface area contributed by atoms with Crippen molar-refractivity contribution >= 4 is 23.2 Å². The van der Waals surface area contributed by atoms with Crippen LogP contribution in [0.2, 0.25) is 10.0 Å². The summed E-state index contributed by atoms with van der Waals surface area (Å²) in [6, 6.07) is 4.23. The van der Waals surface area contributed by atoms with Crippen LogP contribution in [0, 0.1) is 0 Å². The second-order valence-electron chi connectivity index (χ2n) is 4.50. The molecule has 0 aromatic heterocycles. The van der Waals surface area contributed by atoms with Gasteiger partial charge in [-0.15, -0.1) is 0 Å². The number of rotatable bonds is 4. The predicted molar refractivity (Wildman–Crippen MR) is 73.6 cm³/mol. The van der Waals surface area contributed by atoms with Crippen molar-refractivity contribution in [2.45, 2.75) is 32.4 Å². The molecule has 17 heavy (non-hydrogen) atoms. The van der Waals surface area contributed by atoms with Gasteiger partial charge in [-0.25, -0.2) is 0 Å². The van der Waals surface area contributed by atoms with Crippen molar-refractivity contribution in [3.05, 3.63) is 33.3 Å². The Balaban J connectivity index is 2.28. The molecule has 1 atom stereocenters. The van der Waals surface area contributed by atoms with E-state index in [-0.39, 0.29) is 0 Å². The first-order valence-corrected chi connectivity index (χ1v) is 6.85. The van der Waals surface area contributed by atoms with E-state index in [4.69, 9.17) is 28.9 Å². The molecule has 1 heterocycles. The Bertz CT molecular complexity index is 407. The molecule has 0 aliphatic carbocycles. The van der Waals surface area contributed by atoms with Gasteiger partial charge in [0.2, 0.25) is 0 Å². The van der Waals surface area contributed by atoms with Gasteiger partial charge in [-0.05, 0) is 30.2 Å². The summed E-state index contributed by atoms with van der Waals surface area (Å²) in [5, 5.41) is 1.33. The Morgan fingerprint density at radius 1 is 1.41 bits per heavy atom. The molecular formula is C13H18Cl2N2. The average Bonchev–Trinajstić information content (AvgIpc) is 2.69. The van der Waals surface area contributed by atoms with E-state index in [0.717, 1.165) is 18.7 Å². The van der Waals surface area contributed by atoms with E-state index >= 15 is 0 Å². The van der Waals surface area contributed by atoms with Gasteiger partial charge in [0.25, 0.3) is 0 Å².